The van der Waals surface area contributed by atoms with Gasteiger partial charge in [-0.2, -0.15) is 10.4 Å². The molecule has 0 aliphatic rings. The van der Waals surface area contributed by atoms with Gasteiger partial charge < -0.3 is 0 Å². The molecule has 0 fully saturated rings. The first-order chi connectivity index (χ1) is 6.79. The number of nitriles is 1. The number of nitrogens with zero attached hydrogens (tertiary/aromatic N) is 2. The molecule has 0 aliphatic carbocycles. The molecule has 0 bridgehead atoms. The summed E-state index contributed by atoms with van der Waals surface area (Å²) in [5.41, 5.74) is 1.72. The predicted octanol–water partition coefficient (Wildman–Crippen LogP) is 2.09. The fourth-order valence-corrected chi connectivity index (χ4v) is 1.23. The minimum Gasteiger partial charge on any atom is -0.285 e. The first-order valence-electron chi connectivity index (χ1n) is 3.99. The van der Waals surface area contributed by atoms with Crippen LogP contribution in [0.25, 0.3) is 11.1 Å². The zero-order valence-corrected chi connectivity index (χ0v) is 7.16. The number of rotatable bonds is 1. The molecule has 2 rings (SSSR count). The first kappa shape index (κ1) is 8.45. The molecule has 0 amide bonds. The van der Waals surface area contributed by atoms with Crippen LogP contribution < -0.4 is 0 Å². The molecular formula is C10H6FN3. The summed E-state index contributed by atoms with van der Waals surface area (Å²) in [6.45, 7) is 0. The highest BCUT2D eigenvalue weighted by Crippen LogP contribution is 2.20. The Morgan fingerprint density at radius 2 is 2.14 bits per heavy atom. The van der Waals surface area contributed by atoms with Crippen molar-refractivity contribution >= 4 is 0 Å². The highest BCUT2D eigenvalue weighted by molar-refractivity contribution is 5.63. The Morgan fingerprint density at radius 1 is 1.29 bits per heavy atom. The van der Waals surface area contributed by atoms with Crippen LogP contribution >= 0.6 is 0 Å². The number of hydrogen-bond acceptors (Lipinski definition) is 2. The summed E-state index contributed by atoms with van der Waals surface area (Å²) in [6, 6.07) is 6.08. The molecule has 1 N–H and O–H groups in total. The monoisotopic (exact) mass is 187 g/mol. The van der Waals surface area contributed by atoms with Crippen LogP contribution in [0.2, 0.25) is 0 Å². The summed E-state index contributed by atoms with van der Waals surface area (Å²) in [5, 5.41) is 15.0. The van der Waals surface area contributed by atoms with E-state index < -0.39 is 5.82 Å². The lowest BCUT2D eigenvalue weighted by Crippen LogP contribution is -1.82. The molecule has 1 aromatic carbocycles. The lowest BCUT2D eigenvalue weighted by atomic mass is 10.1. The lowest BCUT2D eigenvalue weighted by Gasteiger charge is -1.97. The zero-order chi connectivity index (χ0) is 9.97. The van der Waals surface area contributed by atoms with Crippen molar-refractivity contribution in [3.05, 3.63) is 42.0 Å². The van der Waals surface area contributed by atoms with E-state index in [1.807, 2.05) is 6.07 Å². The Hall–Kier alpha value is -2.15. The molecule has 0 saturated carbocycles. The van der Waals surface area contributed by atoms with Crippen LogP contribution in [0.4, 0.5) is 4.39 Å². The third-order valence-electron chi connectivity index (χ3n) is 1.86. The number of halogens is 1. The molecule has 68 valence electrons. The van der Waals surface area contributed by atoms with E-state index in [1.165, 1.54) is 12.1 Å². The van der Waals surface area contributed by atoms with Crippen molar-refractivity contribution in [2.24, 2.45) is 0 Å². The number of benzene rings is 1. The van der Waals surface area contributed by atoms with Crippen molar-refractivity contribution in [1.29, 1.82) is 5.26 Å². The fraction of sp³-hybridized carbons (Fsp3) is 0. The van der Waals surface area contributed by atoms with E-state index in [0.29, 0.717) is 11.1 Å². The van der Waals surface area contributed by atoms with Crippen molar-refractivity contribution in [3.8, 4) is 17.2 Å². The molecule has 2 aromatic rings. The van der Waals surface area contributed by atoms with Gasteiger partial charge in [-0.05, 0) is 23.8 Å². The van der Waals surface area contributed by atoms with Crippen molar-refractivity contribution < 1.29 is 4.39 Å². The summed E-state index contributed by atoms with van der Waals surface area (Å²) >= 11 is 0. The number of H-pyrrole nitrogens is 1. The molecule has 0 saturated heterocycles. The Morgan fingerprint density at radius 3 is 2.79 bits per heavy atom. The minimum atomic E-state index is -0.416. The molecule has 0 radical (unpaired) electrons. The topological polar surface area (TPSA) is 52.5 Å². The van der Waals surface area contributed by atoms with Gasteiger partial charge in [0.1, 0.15) is 5.82 Å². The third-order valence-corrected chi connectivity index (χ3v) is 1.86. The van der Waals surface area contributed by atoms with Crippen molar-refractivity contribution in [1.82, 2.24) is 10.2 Å². The van der Waals surface area contributed by atoms with Crippen molar-refractivity contribution in [2.75, 3.05) is 0 Å². The third kappa shape index (κ3) is 1.48. The van der Waals surface area contributed by atoms with Gasteiger partial charge in [0.05, 0.1) is 17.8 Å². The van der Waals surface area contributed by atoms with Gasteiger partial charge >= 0.3 is 0 Å². The lowest BCUT2D eigenvalue weighted by molar-refractivity contribution is 0.628. The molecule has 0 unspecified atom stereocenters. The largest absolute Gasteiger partial charge is 0.285 e. The standard InChI is InChI=1S/C10H6FN3/c11-10-2-7(4-12)1-8(3-10)9-5-13-14-6-9/h1-3,5-6H,(H,13,14). The Labute approximate surface area is 79.8 Å². The number of aromatic nitrogens is 2. The maximum atomic E-state index is 13.0. The van der Waals surface area contributed by atoms with E-state index in [0.717, 1.165) is 5.56 Å². The van der Waals surface area contributed by atoms with Gasteiger partial charge in [0.15, 0.2) is 0 Å². The molecular weight excluding hydrogens is 181 g/mol. The molecule has 14 heavy (non-hydrogen) atoms. The van der Waals surface area contributed by atoms with E-state index in [9.17, 15) is 4.39 Å². The summed E-state index contributed by atoms with van der Waals surface area (Å²) in [4.78, 5) is 0. The second-order valence-corrected chi connectivity index (χ2v) is 2.83. The average Bonchev–Trinajstić information content (AvgIpc) is 2.69. The van der Waals surface area contributed by atoms with E-state index in [2.05, 4.69) is 10.2 Å². The second kappa shape index (κ2) is 3.30. The van der Waals surface area contributed by atoms with Gasteiger partial charge in [-0.25, -0.2) is 4.39 Å². The van der Waals surface area contributed by atoms with Crippen LogP contribution in [-0.4, -0.2) is 10.2 Å². The van der Waals surface area contributed by atoms with Crippen molar-refractivity contribution in [2.45, 2.75) is 0 Å². The van der Waals surface area contributed by atoms with Crippen LogP contribution in [0, 0.1) is 17.1 Å². The molecule has 1 heterocycles. The van der Waals surface area contributed by atoms with E-state index in [4.69, 9.17) is 5.26 Å². The normalized spacial score (nSPS) is 9.71. The van der Waals surface area contributed by atoms with Gasteiger partial charge in [0.2, 0.25) is 0 Å². The summed E-state index contributed by atoms with van der Waals surface area (Å²) in [5.74, 6) is -0.416. The van der Waals surface area contributed by atoms with Crippen LogP contribution in [0.1, 0.15) is 5.56 Å². The highest BCUT2D eigenvalue weighted by atomic mass is 19.1. The van der Waals surface area contributed by atoms with Gasteiger partial charge in [-0.3, -0.25) is 5.10 Å². The molecule has 0 aliphatic heterocycles. The van der Waals surface area contributed by atoms with Crippen LogP contribution in [0.15, 0.2) is 30.6 Å². The van der Waals surface area contributed by atoms with Crippen LogP contribution in [0.5, 0.6) is 0 Å². The predicted molar refractivity (Wildman–Crippen MR) is 48.7 cm³/mol. The van der Waals surface area contributed by atoms with Gasteiger partial charge in [-0.15, -0.1) is 0 Å². The molecule has 1 aromatic heterocycles. The van der Waals surface area contributed by atoms with Crippen LogP contribution in [0.3, 0.4) is 0 Å². The zero-order valence-electron chi connectivity index (χ0n) is 7.16. The van der Waals surface area contributed by atoms with Gasteiger partial charge in [0.25, 0.3) is 0 Å². The van der Waals surface area contributed by atoms with Gasteiger partial charge in [-0.1, -0.05) is 0 Å². The van der Waals surface area contributed by atoms with Crippen LogP contribution in [-0.2, 0) is 0 Å². The molecule has 0 spiro atoms. The maximum absolute atomic E-state index is 13.0. The number of nitrogens with one attached hydrogen (secondary N) is 1. The molecule has 4 heteroatoms. The van der Waals surface area contributed by atoms with E-state index in [-0.39, 0.29) is 0 Å². The van der Waals surface area contributed by atoms with E-state index in [1.54, 1.807) is 18.5 Å². The quantitative estimate of drug-likeness (QED) is 0.743. The SMILES string of the molecule is N#Cc1cc(F)cc(-c2cn[nH]c2)c1. The smallest absolute Gasteiger partial charge is 0.125 e. The van der Waals surface area contributed by atoms with E-state index >= 15 is 0 Å². The Kier molecular flexibility index (Phi) is 1.99. The van der Waals surface area contributed by atoms with Crippen molar-refractivity contribution in [3.63, 3.8) is 0 Å². The fourth-order valence-electron chi connectivity index (χ4n) is 1.23. The molecule has 3 nitrogen and oxygen atoms in total. The summed E-state index contributed by atoms with van der Waals surface area (Å²) in [6.07, 6.45) is 3.23. The Balaban J connectivity index is 2.55. The minimum absolute atomic E-state index is 0.307. The Bertz CT molecular complexity index is 483. The first-order valence-corrected chi connectivity index (χ1v) is 3.99. The van der Waals surface area contributed by atoms with Gasteiger partial charge in [0, 0.05) is 11.8 Å². The maximum Gasteiger partial charge on any atom is 0.125 e. The number of aromatic amines is 1. The summed E-state index contributed by atoms with van der Waals surface area (Å²) < 4.78 is 13.0. The number of hydrogen-bond donors (Lipinski definition) is 1. The second-order valence-electron chi connectivity index (χ2n) is 2.83. The highest BCUT2D eigenvalue weighted by Gasteiger charge is 2.03. The average molecular weight is 187 g/mol. The molecule has 0 atom stereocenters. The summed E-state index contributed by atoms with van der Waals surface area (Å²) in [7, 11) is 0.